The van der Waals surface area contributed by atoms with E-state index >= 15 is 0 Å². The number of carbonyl (C=O) groups is 1. The van der Waals surface area contributed by atoms with Crippen molar-refractivity contribution in [2.75, 3.05) is 5.32 Å². The van der Waals surface area contributed by atoms with Crippen LogP contribution in [0.5, 0.6) is 5.75 Å². The van der Waals surface area contributed by atoms with Gasteiger partial charge in [0.15, 0.2) is 6.73 Å². The van der Waals surface area contributed by atoms with Crippen LogP contribution in [0.1, 0.15) is 39.8 Å². The van der Waals surface area contributed by atoms with E-state index in [1.165, 1.54) is 5.56 Å². The normalized spacial score (nSPS) is 10.9. The number of aryl methyl sites for hydroxylation is 4. The van der Waals surface area contributed by atoms with Gasteiger partial charge in [0.2, 0.25) is 0 Å². The van der Waals surface area contributed by atoms with Crippen LogP contribution in [0.15, 0.2) is 30.6 Å². The molecule has 0 bridgehead atoms. The van der Waals surface area contributed by atoms with Gasteiger partial charge in [-0.2, -0.15) is 10.2 Å². The molecule has 0 unspecified atom stereocenters. The SMILES string of the molecule is CCn1nc(C)c(C(=O)Nc2cnn(COc3ccc(C)cc3C)c2)c1C. The zero-order chi connectivity index (χ0) is 19.6. The molecule has 0 saturated heterocycles. The van der Waals surface area contributed by atoms with E-state index in [1.807, 2.05) is 51.4 Å². The Bertz CT molecular complexity index is 971. The third kappa shape index (κ3) is 4.02. The Labute approximate surface area is 159 Å². The van der Waals surface area contributed by atoms with Crippen molar-refractivity contribution in [2.45, 2.75) is 47.9 Å². The molecule has 7 heteroatoms. The standard InChI is InChI=1S/C20H25N5O2/c1-6-25-16(5)19(15(4)23-25)20(26)22-17-10-21-24(11-17)12-27-18-8-7-13(2)9-14(18)3/h7-11H,6,12H2,1-5H3,(H,22,26). The molecule has 7 nitrogen and oxygen atoms in total. The van der Waals surface area contributed by atoms with Crippen LogP contribution < -0.4 is 10.1 Å². The van der Waals surface area contributed by atoms with Crippen molar-refractivity contribution < 1.29 is 9.53 Å². The quantitative estimate of drug-likeness (QED) is 0.722. The number of benzene rings is 1. The largest absolute Gasteiger partial charge is 0.471 e. The lowest BCUT2D eigenvalue weighted by Crippen LogP contribution is -2.14. The third-order valence-corrected chi connectivity index (χ3v) is 4.48. The Morgan fingerprint density at radius 2 is 2.00 bits per heavy atom. The number of aromatic nitrogens is 4. The number of ether oxygens (including phenoxy) is 1. The van der Waals surface area contributed by atoms with E-state index in [2.05, 4.69) is 21.6 Å². The topological polar surface area (TPSA) is 74.0 Å². The predicted octanol–water partition coefficient (Wildman–Crippen LogP) is 3.62. The second kappa shape index (κ2) is 7.65. The molecule has 1 aromatic carbocycles. The molecular weight excluding hydrogens is 342 g/mol. The van der Waals surface area contributed by atoms with Crippen molar-refractivity contribution in [1.82, 2.24) is 19.6 Å². The molecule has 2 aromatic heterocycles. The predicted molar refractivity (Wildman–Crippen MR) is 104 cm³/mol. The molecule has 3 aromatic rings. The maximum absolute atomic E-state index is 12.6. The molecule has 3 rings (SSSR count). The molecular formula is C20H25N5O2. The van der Waals surface area contributed by atoms with Gasteiger partial charge in [-0.05, 0) is 46.2 Å². The van der Waals surface area contributed by atoms with Crippen LogP contribution >= 0.6 is 0 Å². The van der Waals surface area contributed by atoms with E-state index in [0.29, 0.717) is 11.3 Å². The molecule has 0 radical (unpaired) electrons. The first-order valence-corrected chi connectivity index (χ1v) is 8.97. The maximum Gasteiger partial charge on any atom is 0.259 e. The molecule has 0 aliphatic heterocycles. The average Bonchev–Trinajstić information content (AvgIpc) is 3.17. The minimum absolute atomic E-state index is 0.181. The van der Waals surface area contributed by atoms with E-state index in [4.69, 9.17) is 4.74 Å². The van der Waals surface area contributed by atoms with Gasteiger partial charge in [-0.25, -0.2) is 4.68 Å². The summed E-state index contributed by atoms with van der Waals surface area (Å²) in [4.78, 5) is 12.6. The molecule has 27 heavy (non-hydrogen) atoms. The lowest BCUT2D eigenvalue weighted by molar-refractivity contribution is 0.102. The van der Waals surface area contributed by atoms with Crippen molar-refractivity contribution in [2.24, 2.45) is 0 Å². The lowest BCUT2D eigenvalue weighted by atomic mass is 10.1. The van der Waals surface area contributed by atoms with Crippen molar-refractivity contribution in [3.05, 3.63) is 58.7 Å². The summed E-state index contributed by atoms with van der Waals surface area (Å²) in [5, 5.41) is 11.5. The van der Waals surface area contributed by atoms with Gasteiger partial charge in [0.1, 0.15) is 5.75 Å². The minimum atomic E-state index is -0.181. The van der Waals surface area contributed by atoms with Gasteiger partial charge in [-0.1, -0.05) is 17.7 Å². The first-order valence-electron chi connectivity index (χ1n) is 8.97. The molecule has 142 valence electrons. The molecule has 0 atom stereocenters. The Morgan fingerprint density at radius 3 is 2.67 bits per heavy atom. The van der Waals surface area contributed by atoms with Crippen molar-refractivity contribution in [3.8, 4) is 5.75 Å². The highest BCUT2D eigenvalue weighted by molar-refractivity contribution is 6.05. The summed E-state index contributed by atoms with van der Waals surface area (Å²) >= 11 is 0. The Hall–Kier alpha value is -3.09. The number of amides is 1. The van der Waals surface area contributed by atoms with Crippen molar-refractivity contribution in [3.63, 3.8) is 0 Å². The first kappa shape index (κ1) is 18.7. The lowest BCUT2D eigenvalue weighted by Gasteiger charge is -2.09. The second-order valence-electron chi connectivity index (χ2n) is 6.63. The van der Waals surface area contributed by atoms with Gasteiger partial charge in [-0.3, -0.25) is 9.48 Å². The third-order valence-electron chi connectivity index (χ3n) is 4.48. The van der Waals surface area contributed by atoms with Crippen LogP contribution in [-0.2, 0) is 13.3 Å². The summed E-state index contributed by atoms with van der Waals surface area (Å²) < 4.78 is 9.28. The number of hydrogen-bond acceptors (Lipinski definition) is 4. The van der Waals surface area contributed by atoms with Crippen LogP contribution in [0.25, 0.3) is 0 Å². The van der Waals surface area contributed by atoms with Gasteiger partial charge in [0, 0.05) is 12.2 Å². The Morgan fingerprint density at radius 1 is 1.22 bits per heavy atom. The number of rotatable bonds is 6. The minimum Gasteiger partial charge on any atom is -0.471 e. The first-order chi connectivity index (χ1) is 12.9. The molecule has 0 spiro atoms. The van der Waals surface area contributed by atoms with Gasteiger partial charge >= 0.3 is 0 Å². The maximum atomic E-state index is 12.6. The molecule has 1 N–H and O–H groups in total. The summed E-state index contributed by atoms with van der Waals surface area (Å²) in [6, 6.07) is 6.04. The van der Waals surface area contributed by atoms with Crippen LogP contribution in [0.3, 0.4) is 0 Å². The van der Waals surface area contributed by atoms with Crippen LogP contribution in [0.4, 0.5) is 5.69 Å². The number of anilines is 1. The highest BCUT2D eigenvalue weighted by atomic mass is 16.5. The monoisotopic (exact) mass is 367 g/mol. The Kier molecular flexibility index (Phi) is 5.30. The number of nitrogens with zero attached hydrogens (tertiary/aromatic N) is 4. The van der Waals surface area contributed by atoms with E-state index in [0.717, 1.165) is 29.2 Å². The fourth-order valence-electron chi connectivity index (χ4n) is 3.12. The van der Waals surface area contributed by atoms with E-state index in [-0.39, 0.29) is 12.6 Å². The molecule has 0 fully saturated rings. The highest BCUT2D eigenvalue weighted by Crippen LogP contribution is 2.20. The number of nitrogens with one attached hydrogen (secondary N) is 1. The van der Waals surface area contributed by atoms with E-state index in [9.17, 15) is 4.79 Å². The van der Waals surface area contributed by atoms with Crippen molar-refractivity contribution >= 4 is 11.6 Å². The number of hydrogen-bond donors (Lipinski definition) is 1. The molecule has 0 aliphatic carbocycles. The average molecular weight is 367 g/mol. The van der Waals surface area contributed by atoms with Gasteiger partial charge in [0.05, 0.1) is 29.3 Å². The molecule has 0 saturated carbocycles. The number of carbonyl (C=O) groups excluding carboxylic acids is 1. The zero-order valence-electron chi connectivity index (χ0n) is 16.4. The second-order valence-corrected chi connectivity index (χ2v) is 6.63. The van der Waals surface area contributed by atoms with Gasteiger partial charge in [-0.15, -0.1) is 0 Å². The van der Waals surface area contributed by atoms with Crippen LogP contribution in [-0.4, -0.2) is 25.5 Å². The Balaban J connectivity index is 1.66. The fourth-order valence-corrected chi connectivity index (χ4v) is 3.12. The van der Waals surface area contributed by atoms with Crippen LogP contribution in [0, 0.1) is 27.7 Å². The smallest absolute Gasteiger partial charge is 0.259 e. The van der Waals surface area contributed by atoms with E-state index < -0.39 is 0 Å². The van der Waals surface area contributed by atoms with Crippen LogP contribution in [0.2, 0.25) is 0 Å². The zero-order valence-corrected chi connectivity index (χ0v) is 16.4. The summed E-state index contributed by atoms with van der Waals surface area (Å²) in [6.45, 7) is 10.8. The molecule has 0 aliphatic rings. The van der Waals surface area contributed by atoms with Gasteiger partial charge < -0.3 is 10.1 Å². The van der Waals surface area contributed by atoms with Gasteiger partial charge in [0.25, 0.3) is 5.91 Å². The molecule has 2 heterocycles. The van der Waals surface area contributed by atoms with Crippen molar-refractivity contribution in [1.29, 1.82) is 0 Å². The van der Waals surface area contributed by atoms with E-state index in [1.54, 1.807) is 17.1 Å². The summed E-state index contributed by atoms with van der Waals surface area (Å²) in [5.74, 6) is 0.638. The molecule has 1 amide bonds. The highest BCUT2D eigenvalue weighted by Gasteiger charge is 2.18. The summed E-state index contributed by atoms with van der Waals surface area (Å²) in [7, 11) is 0. The summed E-state index contributed by atoms with van der Waals surface area (Å²) in [5.41, 5.74) is 5.08. The summed E-state index contributed by atoms with van der Waals surface area (Å²) in [6.07, 6.45) is 3.36. The fraction of sp³-hybridized carbons (Fsp3) is 0.350.